The maximum Gasteiger partial charge on any atom is 0.397 e. The summed E-state index contributed by atoms with van der Waals surface area (Å²) in [5.74, 6) is -0.615. The Morgan fingerprint density at radius 2 is 1.76 bits per heavy atom. The Hall–Kier alpha value is -2.83. The van der Waals surface area contributed by atoms with Crippen molar-refractivity contribution in [1.29, 1.82) is 0 Å². The summed E-state index contributed by atoms with van der Waals surface area (Å²) in [6, 6.07) is 15.4. The third-order valence-electron chi connectivity index (χ3n) is 3.88. The molecule has 0 spiro atoms. The van der Waals surface area contributed by atoms with Gasteiger partial charge in [0.25, 0.3) is 0 Å². The van der Waals surface area contributed by atoms with Crippen molar-refractivity contribution in [3.8, 4) is 0 Å². The van der Waals surface area contributed by atoms with Gasteiger partial charge in [-0.15, -0.1) is 0 Å². The molecular weight excluding hydrogens is 331 g/mol. The summed E-state index contributed by atoms with van der Waals surface area (Å²) < 4.78 is 39.4. The van der Waals surface area contributed by atoms with Crippen LogP contribution in [0, 0.1) is 0 Å². The third-order valence-corrected chi connectivity index (χ3v) is 3.88. The van der Waals surface area contributed by atoms with Crippen molar-refractivity contribution >= 4 is 16.9 Å². The number of carbonyl (C=O) groups is 1. The molecule has 0 bridgehead atoms. The van der Waals surface area contributed by atoms with Crippen LogP contribution in [0.4, 0.5) is 13.2 Å². The average molecular weight is 347 g/mol. The number of aryl methyl sites for hydroxylation is 1. The molecule has 2 aromatic carbocycles. The molecule has 1 heterocycles. The number of amides is 1. The highest BCUT2D eigenvalue weighted by molar-refractivity contribution is 5.79. The molecule has 1 N–H and O–H groups in total. The highest BCUT2D eigenvalue weighted by Gasteiger charge is 2.33. The second-order valence-corrected chi connectivity index (χ2v) is 5.72. The molecule has 1 unspecified atom stereocenters. The van der Waals surface area contributed by atoms with Gasteiger partial charge in [0.15, 0.2) is 0 Å². The van der Waals surface area contributed by atoms with Gasteiger partial charge in [0, 0.05) is 7.05 Å². The van der Waals surface area contributed by atoms with Crippen LogP contribution in [0.5, 0.6) is 0 Å². The van der Waals surface area contributed by atoms with Gasteiger partial charge in [-0.25, -0.2) is 4.98 Å². The number of alkyl halides is 3. The van der Waals surface area contributed by atoms with Gasteiger partial charge in [0.2, 0.25) is 5.91 Å². The first-order valence-corrected chi connectivity index (χ1v) is 7.67. The van der Waals surface area contributed by atoms with E-state index < -0.39 is 24.5 Å². The van der Waals surface area contributed by atoms with E-state index in [1.54, 1.807) is 41.9 Å². The third kappa shape index (κ3) is 3.81. The van der Waals surface area contributed by atoms with E-state index >= 15 is 0 Å². The number of fused-ring (bicyclic) bond motifs is 1. The first kappa shape index (κ1) is 17.0. The van der Waals surface area contributed by atoms with E-state index in [0.717, 1.165) is 5.52 Å². The summed E-state index contributed by atoms with van der Waals surface area (Å²) in [4.78, 5) is 16.4. The maximum atomic E-state index is 12.5. The minimum absolute atomic E-state index is 0.475. The molecule has 0 saturated heterocycles. The Balaban J connectivity index is 2.02. The van der Waals surface area contributed by atoms with Crippen LogP contribution in [0.2, 0.25) is 0 Å². The van der Waals surface area contributed by atoms with E-state index in [1.807, 2.05) is 24.3 Å². The van der Waals surface area contributed by atoms with Crippen LogP contribution >= 0.6 is 0 Å². The topological polar surface area (TPSA) is 46.9 Å². The zero-order valence-electron chi connectivity index (χ0n) is 13.4. The van der Waals surface area contributed by atoms with Crippen molar-refractivity contribution in [3.05, 3.63) is 66.0 Å². The summed E-state index contributed by atoms with van der Waals surface area (Å²) >= 11 is 0. The number of halogens is 3. The summed E-state index contributed by atoms with van der Waals surface area (Å²) in [7, 11) is 1.77. The fourth-order valence-corrected chi connectivity index (χ4v) is 2.76. The van der Waals surface area contributed by atoms with Crippen LogP contribution < -0.4 is 5.32 Å². The quantitative estimate of drug-likeness (QED) is 0.782. The number of carbonyl (C=O) groups excluding carboxylic acids is 1. The highest BCUT2D eigenvalue weighted by Crippen LogP contribution is 2.26. The van der Waals surface area contributed by atoms with Gasteiger partial charge in [0.1, 0.15) is 18.3 Å². The first-order chi connectivity index (χ1) is 11.8. The molecule has 4 nitrogen and oxygen atoms in total. The number of aromatic nitrogens is 2. The van der Waals surface area contributed by atoms with Crippen LogP contribution in [-0.2, 0) is 11.8 Å². The number of hydrogen-bond donors (Lipinski definition) is 1. The van der Waals surface area contributed by atoms with Crippen molar-refractivity contribution in [3.63, 3.8) is 0 Å². The predicted molar refractivity (Wildman–Crippen MR) is 87.8 cm³/mol. The Bertz CT molecular complexity index is 887. The number of nitrogens with zero attached hydrogens (tertiary/aromatic N) is 2. The fourth-order valence-electron chi connectivity index (χ4n) is 2.76. The lowest BCUT2D eigenvalue weighted by Gasteiger charge is -2.19. The van der Waals surface area contributed by atoms with Crippen molar-refractivity contribution in [2.24, 2.45) is 7.05 Å². The van der Waals surface area contributed by atoms with Crippen molar-refractivity contribution in [2.75, 3.05) is 0 Å². The number of nitrogens with one attached hydrogen (secondary N) is 1. The van der Waals surface area contributed by atoms with E-state index in [4.69, 9.17) is 0 Å². The van der Waals surface area contributed by atoms with E-state index in [1.165, 1.54) is 0 Å². The Labute approximate surface area is 142 Å². The lowest BCUT2D eigenvalue weighted by molar-refractivity contribution is -0.154. The largest absolute Gasteiger partial charge is 0.397 e. The molecule has 3 aromatic rings. The molecule has 0 aliphatic heterocycles. The molecule has 1 amide bonds. The van der Waals surface area contributed by atoms with Gasteiger partial charge >= 0.3 is 6.18 Å². The first-order valence-electron chi connectivity index (χ1n) is 7.67. The number of para-hydroxylation sites is 2. The molecule has 1 atom stereocenters. The molecule has 7 heteroatoms. The molecule has 0 aliphatic carbocycles. The molecule has 25 heavy (non-hydrogen) atoms. The number of imidazole rings is 1. The fraction of sp³-hybridized carbons (Fsp3) is 0.222. The smallest absolute Gasteiger partial charge is 0.342 e. The molecule has 1 aromatic heterocycles. The van der Waals surface area contributed by atoms with E-state index in [2.05, 4.69) is 10.3 Å². The number of rotatable bonds is 4. The molecule has 3 rings (SSSR count). The second-order valence-electron chi connectivity index (χ2n) is 5.72. The van der Waals surface area contributed by atoms with E-state index in [0.29, 0.717) is 16.9 Å². The van der Waals surface area contributed by atoms with Crippen LogP contribution in [0.15, 0.2) is 54.6 Å². The lowest BCUT2D eigenvalue weighted by atomic mass is 10.1. The predicted octanol–water partition coefficient (Wildman–Crippen LogP) is 3.73. The Kier molecular flexibility index (Phi) is 4.48. The zero-order chi connectivity index (χ0) is 18.0. The molecular formula is C18H16F3N3O. The average Bonchev–Trinajstić information content (AvgIpc) is 2.89. The molecule has 0 radical (unpaired) electrons. The van der Waals surface area contributed by atoms with Gasteiger partial charge < -0.3 is 9.88 Å². The van der Waals surface area contributed by atoms with Gasteiger partial charge in [-0.05, 0) is 17.7 Å². The standard InChI is InChI=1S/C18H16F3N3O/c1-24-14-10-6-5-9-13(14)22-17(24)16(12-7-3-2-4-8-12)23-15(25)11-18(19,20)21/h2-10,16H,11H2,1H3,(H,23,25). The van der Waals surface area contributed by atoms with Crippen molar-refractivity contribution < 1.29 is 18.0 Å². The molecule has 0 aliphatic rings. The zero-order valence-corrected chi connectivity index (χ0v) is 13.4. The van der Waals surface area contributed by atoms with Crippen LogP contribution in [0.25, 0.3) is 11.0 Å². The van der Waals surface area contributed by atoms with Gasteiger partial charge in [-0.3, -0.25) is 4.79 Å². The highest BCUT2D eigenvalue weighted by atomic mass is 19.4. The molecule has 0 fully saturated rings. The summed E-state index contributed by atoms with van der Waals surface area (Å²) in [5, 5.41) is 2.47. The van der Waals surface area contributed by atoms with Gasteiger partial charge in [-0.2, -0.15) is 13.2 Å². The SMILES string of the molecule is Cn1c(C(NC(=O)CC(F)(F)F)c2ccccc2)nc2ccccc21. The summed E-state index contributed by atoms with van der Waals surface area (Å²) in [6.45, 7) is 0. The summed E-state index contributed by atoms with van der Waals surface area (Å²) in [5.41, 5.74) is 2.21. The van der Waals surface area contributed by atoms with E-state index in [9.17, 15) is 18.0 Å². The lowest BCUT2D eigenvalue weighted by Crippen LogP contribution is -2.34. The van der Waals surface area contributed by atoms with Gasteiger partial charge in [0.05, 0.1) is 11.0 Å². The van der Waals surface area contributed by atoms with Crippen LogP contribution in [0.1, 0.15) is 23.9 Å². The van der Waals surface area contributed by atoms with Crippen LogP contribution in [0.3, 0.4) is 0 Å². The maximum absolute atomic E-state index is 12.5. The molecule has 130 valence electrons. The Morgan fingerprint density at radius 3 is 2.40 bits per heavy atom. The second kappa shape index (κ2) is 6.58. The number of benzene rings is 2. The minimum Gasteiger partial charge on any atom is -0.342 e. The number of hydrogen-bond acceptors (Lipinski definition) is 2. The van der Waals surface area contributed by atoms with Crippen molar-refractivity contribution in [2.45, 2.75) is 18.6 Å². The molecule has 0 saturated carbocycles. The monoisotopic (exact) mass is 347 g/mol. The Morgan fingerprint density at radius 1 is 1.12 bits per heavy atom. The summed E-state index contributed by atoms with van der Waals surface area (Å²) in [6.07, 6.45) is -6.09. The van der Waals surface area contributed by atoms with Crippen LogP contribution in [-0.4, -0.2) is 21.6 Å². The van der Waals surface area contributed by atoms with Gasteiger partial charge in [-0.1, -0.05) is 42.5 Å². The normalized spacial score (nSPS) is 13.0. The van der Waals surface area contributed by atoms with Crippen molar-refractivity contribution in [1.82, 2.24) is 14.9 Å². The van der Waals surface area contributed by atoms with E-state index in [-0.39, 0.29) is 0 Å². The minimum atomic E-state index is -4.56.